The molecule has 2 aliphatic rings. The van der Waals surface area contributed by atoms with E-state index in [4.69, 9.17) is 9.47 Å². The fourth-order valence-electron chi connectivity index (χ4n) is 9.69. The first-order chi connectivity index (χ1) is 34.0. The highest BCUT2D eigenvalue weighted by Gasteiger charge is 2.51. The molecule has 0 amide bonds. The van der Waals surface area contributed by atoms with Crippen LogP contribution in [0.4, 0.5) is 0 Å². The van der Waals surface area contributed by atoms with Crippen LogP contribution in [0.1, 0.15) is 78.3 Å². The number of aromatic hydroxyl groups is 11. The van der Waals surface area contributed by atoms with Gasteiger partial charge in [0.2, 0.25) is 0 Å². The molecule has 2 heterocycles. The number of hydrogen-bond donors (Lipinski definition) is 11. The van der Waals surface area contributed by atoms with Gasteiger partial charge in [-0.1, -0.05) is 42.5 Å². The highest BCUT2D eigenvalue weighted by atomic mass is 16.5. The van der Waals surface area contributed by atoms with Gasteiger partial charge in [-0.25, -0.2) is 0 Å². The molecule has 0 bridgehead atoms. The second-order valence-corrected chi connectivity index (χ2v) is 17.6. The number of benzene rings is 7. The Kier molecular flexibility index (Phi) is 12.7. The van der Waals surface area contributed by atoms with Gasteiger partial charge in [-0.2, -0.15) is 0 Å². The van der Waals surface area contributed by atoms with Gasteiger partial charge >= 0.3 is 0 Å². The van der Waals surface area contributed by atoms with E-state index in [1.807, 2.05) is 0 Å². The van der Waals surface area contributed by atoms with Crippen LogP contribution in [-0.4, -0.2) is 67.7 Å². The van der Waals surface area contributed by atoms with Crippen molar-refractivity contribution in [3.8, 4) is 63.2 Å². The van der Waals surface area contributed by atoms with Crippen LogP contribution in [0.15, 0.2) is 164 Å². The summed E-state index contributed by atoms with van der Waals surface area (Å²) in [6, 6.07) is 32.0. The summed E-state index contributed by atoms with van der Waals surface area (Å²) in [4.78, 5) is 28.3. The Hall–Kier alpha value is -9.08. The number of allylic oxidation sites excluding steroid dienone is 2. The van der Waals surface area contributed by atoms with E-state index in [0.717, 1.165) is 30.3 Å². The Morgan fingerprint density at radius 2 is 1.00 bits per heavy atom. The van der Waals surface area contributed by atoms with E-state index in [9.17, 15) is 65.8 Å². The number of ether oxygens (including phenoxy) is 2. The van der Waals surface area contributed by atoms with Crippen LogP contribution >= 0.6 is 0 Å². The minimum Gasteiger partial charge on any atom is -0.508 e. The summed E-state index contributed by atoms with van der Waals surface area (Å²) in [6.07, 6.45) is 1.01. The van der Waals surface area contributed by atoms with Crippen molar-refractivity contribution >= 4 is 11.6 Å². The molecule has 11 N–H and O–H groups in total. The minimum absolute atomic E-state index is 0.0154. The average molecular weight is 959 g/mol. The van der Waals surface area contributed by atoms with Crippen molar-refractivity contribution in [2.24, 2.45) is 17.8 Å². The SMILES string of the molecule is O=C(/C=C/C1=C[C@@H](C(c2ccc(O)cc2O)c2cc([C@@H]3O[C@H](c4ccc(O)cc4)[C@@H](C(=O)c4ccc(O)cc4O)[C@@H]3Cc3ccc(O)cc3)c(O)cc2O)[C@H](c2ccc(O)cc2)O1)c1ccc(O)cc1O. The van der Waals surface area contributed by atoms with Gasteiger partial charge in [0.1, 0.15) is 75.1 Å². The lowest BCUT2D eigenvalue weighted by molar-refractivity contribution is 0.0253. The second-order valence-electron chi connectivity index (χ2n) is 17.6. The molecule has 15 heteroatoms. The standard InChI is InChI=1S/C56H46O15/c57-31-7-1-28(2-8-31)21-43-52(53(69)40-19-15-36(62)24-48(40)66)55(30-5-11-33(59)12-6-30)71-56(43)42-26-41(49(67)27-50(42)68)51(39-18-14-35(61)23-47(39)65)44-25-37(70-54(44)29-3-9-32(58)10-4-29)16-20-45(63)38-17-13-34(60)22-46(38)64/h1-20,22-27,43-44,51-52,54-62,64-68H,21H2/b20-16+/t43-,44-,51?,52+,54-,55+,56-/m0/s1. The number of ketones is 2. The number of phenols is 11. The first kappa shape index (κ1) is 47.0. The summed E-state index contributed by atoms with van der Waals surface area (Å²) in [6.45, 7) is 0. The quantitative estimate of drug-likeness (QED) is 0.0379. The first-order valence-electron chi connectivity index (χ1n) is 22.3. The summed E-state index contributed by atoms with van der Waals surface area (Å²) in [5.74, 6) is -8.28. The Balaban J connectivity index is 1.22. The van der Waals surface area contributed by atoms with Crippen LogP contribution in [0.3, 0.4) is 0 Å². The number of Topliss-reactive ketones (excluding diaryl/α,β-unsaturated/α-hetero) is 1. The van der Waals surface area contributed by atoms with E-state index < -0.39 is 82.3 Å². The molecule has 7 aromatic carbocycles. The van der Waals surface area contributed by atoms with Crippen molar-refractivity contribution in [3.05, 3.63) is 208 Å². The van der Waals surface area contributed by atoms with E-state index in [-0.39, 0.29) is 74.5 Å². The Morgan fingerprint density at radius 1 is 0.493 bits per heavy atom. The van der Waals surface area contributed by atoms with Gasteiger partial charge in [0.25, 0.3) is 0 Å². The summed E-state index contributed by atoms with van der Waals surface area (Å²) in [5, 5.41) is 118. The summed E-state index contributed by atoms with van der Waals surface area (Å²) < 4.78 is 13.4. The predicted octanol–water partition coefficient (Wildman–Crippen LogP) is 9.46. The summed E-state index contributed by atoms with van der Waals surface area (Å²) in [5.41, 5.74) is 1.74. The number of carbonyl (C=O) groups excluding carboxylic acids is 2. The molecule has 0 radical (unpaired) electrons. The van der Waals surface area contributed by atoms with Crippen LogP contribution in [0.25, 0.3) is 0 Å². The van der Waals surface area contributed by atoms with E-state index in [1.165, 1.54) is 84.9 Å². The molecule has 0 aromatic heterocycles. The van der Waals surface area contributed by atoms with Crippen molar-refractivity contribution < 1.29 is 75.2 Å². The fraction of sp³-hybridized carbons (Fsp3) is 0.143. The van der Waals surface area contributed by atoms with Crippen molar-refractivity contribution in [3.63, 3.8) is 0 Å². The first-order valence-corrected chi connectivity index (χ1v) is 22.3. The monoisotopic (exact) mass is 958 g/mol. The van der Waals surface area contributed by atoms with Gasteiger partial charge < -0.3 is 65.6 Å². The van der Waals surface area contributed by atoms with Gasteiger partial charge in [-0.05, 0) is 114 Å². The van der Waals surface area contributed by atoms with Crippen LogP contribution in [0, 0.1) is 17.8 Å². The van der Waals surface area contributed by atoms with Crippen LogP contribution in [0.2, 0.25) is 0 Å². The highest BCUT2D eigenvalue weighted by Crippen LogP contribution is 2.57. The highest BCUT2D eigenvalue weighted by molar-refractivity contribution is 6.06. The molecule has 1 unspecified atom stereocenters. The van der Waals surface area contributed by atoms with Crippen LogP contribution in [-0.2, 0) is 15.9 Å². The third-order valence-corrected chi connectivity index (χ3v) is 13.0. The van der Waals surface area contributed by atoms with Crippen LogP contribution in [0.5, 0.6) is 63.2 Å². The Bertz CT molecular complexity index is 3220. The zero-order valence-corrected chi connectivity index (χ0v) is 37.3. The Morgan fingerprint density at radius 3 is 1.58 bits per heavy atom. The molecule has 15 nitrogen and oxygen atoms in total. The molecule has 0 aliphatic carbocycles. The van der Waals surface area contributed by atoms with E-state index >= 15 is 0 Å². The number of carbonyl (C=O) groups is 2. The molecular weight excluding hydrogens is 913 g/mol. The topological polar surface area (TPSA) is 275 Å². The van der Waals surface area contributed by atoms with Crippen molar-refractivity contribution in [2.45, 2.75) is 30.7 Å². The zero-order valence-electron chi connectivity index (χ0n) is 37.3. The third-order valence-electron chi connectivity index (χ3n) is 13.0. The third kappa shape index (κ3) is 9.54. The molecule has 9 rings (SSSR count). The van der Waals surface area contributed by atoms with Gasteiger partial charge in [0, 0.05) is 58.7 Å². The number of phenolic OH excluding ortho intramolecular Hbond substituents is 11. The van der Waals surface area contributed by atoms with Gasteiger partial charge in [-0.15, -0.1) is 0 Å². The largest absolute Gasteiger partial charge is 0.508 e. The van der Waals surface area contributed by atoms with E-state index in [0.29, 0.717) is 16.7 Å². The Labute approximate surface area is 405 Å². The number of hydrogen-bond acceptors (Lipinski definition) is 15. The maximum absolute atomic E-state index is 15.0. The van der Waals surface area contributed by atoms with Gasteiger partial charge in [0.15, 0.2) is 11.6 Å². The van der Waals surface area contributed by atoms with Crippen molar-refractivity contribution in [2.75, 3.05) is 0 Å². The molecule has 1 saturated heterocycles. The molecule has 1 fully saturated rings. The lowest BCUT2D eigenvalue weighted by atomic mass is 9.73. The summed E-state index contributed by atoms with van der Waals surface area (Å²) >= 11 is 0. The average Bonchev–Trinajstić information content (AvgIpc) is 3.92. The van der Waals surface area contributed by atoms with Crippen molar-refractivity contribution in [1.29, 1.82) is 0 Å². The molecule has 0 saturated carbocycles. The lowest BCUT2D eigenvalue weighted by Gasteiger charge is -2.31. The molecule has 0 spiro atoms. The van der Waals surface area contributed by atoms with E-state index in [2.05, 4.69) is 0 Å². The lowest BCUT2D eigenvalue weighted by Crippen LogP contribution is -2.27. The smallest absolute Gasteiger partial charge is 0.189 e. The summed E-state index contributed by atoms with van der Waals surface area (Å²) in [7, 11) is 0. The molecular formula is C56H46O15. The van der Waals surface area contributed by atoms with Crippen LogP contribution < -0.4 is 0 Å². The maximum atomic E-state index is 15.0. The zero-order chi connectivity index (χ0) is 50.2. The normalized spacial score (nSPS) is 20.1. The fourth-order valence-corrected chi connectivity index (χ4v) is 9.69. The minimum atomic E-state index is -1.19. The van der Waals surface area contributed by atoms with E-state index in [1.54, 1.807) is 42.5 Å². The number of rotatable bonds is 13. The maximum Gasteiger partial charge on any atom is 0.189 e. The van der Waals surface area contributed by atoms with Crippen molar-refractivity contribution in [1.82, 2.24) is 0 Å². The molecule has 7 atom stereocenters. The molecule has 7 aromatic rings. The molecule has 2 aliphatic heterocycles. The molecule has 71 heavy (non-hydrogen) atoms. The second kappa shape index (κ2) is 19.1. The van der Waals surface area contributed by atoms with Gasteiger partial charge in [-0.3, -0.25) is 9.59 Å². The predicted molar refractivity (Wildman–Crippen MR) is 256 cm³/mol. The van der Waals surface area contributed by atoms with Gasteiger partial charge in [0.05, 0.1) is 29.3 Å². The molecule has 360 valence electrons.